The Hall–Kier alpha value is -3.17. The first kappa shape index (κ1) is 23.0. The summed E-state index contributed by atoms with van der Waals surface area (Å²) in [6.07, 6.45) is 0.912. The van der Waals surface area contributed by atoms with Gasteiger partial charge >= 0.3 is 0 Å². The number of hydrogen-bond donors (Lipinski definition) is 2. The van der Waals surface area contributed by atoms with Crippen molar-refractivity contribution in [3.63, 3.8) is 0 Å². The van der Waals surface area contributed by atoms with Crippen LogP contribution in [-0.2, 0) is 6.54 Å². The fourth-order valence-corrected chi connectivity index (χ4v) is 4.13. The molecule has 3 aromatic rings. The summed E-state index contributed by atoms with van der Waals surface area (Å²) in [6, 6.07) is 10.6. The van der Waals surface area contributed by atoms with Gasteiger partial charge in [0.15, 0.2) is 16.3 Å². The fourth-order valence-electron chi connectivity index (χ4n) is 3.88. The Labute approximate surface area is 197 Å². The number of hydrogen-bond acceptors (Lipinski definition) is 6. The monoisotopic (exact) mass is 468 g/mol. The first-order valence-corrected chi connectivity index (χ1v) is 11.6. The number of rotatable bonds is 9. The average Bonchev–Trinajstić information content (AvgIpc) is 3.28. The lowest BCUT2D eigenvalue weighted by molar-refractivity contribution is 0.0952. The van der Waals surface area contributed by atoms with Crippen LogP contribution in [0.15, 0.2) is 41.2 Å². The topological polar surface area (TPSA) is 88.6 Å². The molecule has 4 rings (SSSR count). The Morgan fingerprint density at radius 3 is 2.55 bits per heavy atom. The lowest BCUT2D eigenvalue weighted by atomic mass is 10.1. The Morgan fingerprint density at radius 2 is 1.85 bits per heavy atom. The Balaban J connectivity index is 1.44. The summed E-state index contributed by atoms with van der Waals surface area (Å²) in [7, 11) is 0. The van der Waals surface area contributed by atoms with Crippen molar-refractivity contribution in [2.45, 2.75) is 26.8 Å². The summed E-state index contributed by atoms with van der Waals surface area (Å²) in [5, 5.41) is 3.45. The SMILES string of the molecule is CCN(CC)CCCNC(=O)c1ccc(Cn2c(=S)[nH]c3cc4c(cc3c2=O)OCO4)cc1. The fraction of sp³-hybridized carbons (Fsp3) is 0.375. The van der Waals surface area contributed by atoms with Crippen molar-refractivity contribution in [2.24, 2.45) is 0 Å². The number of nitrogens with one attached hydrogen (secondary N) is 2. The van der Waals surface area contributed by atoms with Crippen molar-refractivity contribution >= 4 is 29.0 Å². The van der Waals surface area contributed by atoms with Crippen LogP contribution in [0.25, 0.3) is 10.9 Å². The summed E-state index contributed by atoms with van der Waals surface area (Å²) in [4.78, 5) is 30.9. The van der Waals surface area contributed by atoms with E-state index in [4.69, 9.17) is 21.7 Å². The van der Waals surface area contributed by atoms with E-state index in [1.54, 1.807) is 24.3 Å². The van der Waals surface area contributed by atoms with Gasteiger partial charge < -0.3 is 24.7 Å². The summed E-state index contributed by atoms with van der Waals surface area (Å²) < 4.78 is 12.6. The van der Waals surface area contributed by atoms with Crippen LogP contribution < -0.4 is 20.3 Å². The number of benzene rings is 2. The van der Waals surface area contributed by atoms with Crippen molar-refractivity contribution < 1.29 is 14.3 Å². The molecule has 1 aliphatic rings. The molecule has 2 heterocycles. The van der Waals surface area contributed by atoms with Gasteiger partial charge in [0.25, 0.3) is 11.5 Å². The summed E-state index contributed by atoms with van der Waals surface area (Å²) >= 11 is 5.42. The van der Waals surface area contributed by atoms with Gasteiger partial charge in [-0.15, -0.1) is 0 Å². The van der Waals surface area contributed by atoms with E-state index in [1.807, 2.05) is 12.1 Å². The second-order valence-corrected chi connectivity index (χ2v) is 8.29. The summed E-state index contributed by atoms with van der Waals surface area (Å²) in [5.41, 5.74) is 1.86. The molecule has 0 unspecified atom stereocenters. The maximum Gasteiger partial charge on any atom is 0.262 e. The third-order valence-corrected chi connectivity index (χ3v) is 6.19. The lowest BCUT2D eigenvalue weighted by Gasteiger charge is -2.17. The molecule has 0 bridgehead atoms. The van der Waals surface area contributed by atoms with E-state index < -0.39 is 0 Å². The molecule has 0 atom stereocenters. The second kappa shape index (κ2) is 10.2. The zero-order valence-corrected chi connectivity index (χ0v) is 19.7. The van der Waals surface area contributed by atoms with E-state index in [9.17, 15) is 9.59 Å². The van der Waals surface area contributed by atoms with Gasteiger partial charge in [0.05, 0.1) is 17.4 Å². The molecule has 0 radical (unpaired) electrons. The number of carbonyl (C=O) groups is 1. The average molecular weight is 469 g/mol. The van der Waals surface area contributed by atoms with Crippen LogP contribution in [0.1, 0.15) is 36.2 Å². The Bertz CT molecular complexity index is 1260. The standard InChI is InChI=1S/C24H28N4O4S/c1-3-27(4-2)11-5-10-25-22(29)17-8-6-16(7-9-17)14-28-23(30)18-12-20-21(32-15-31-20)13-19(18)26-24(28)33/h6-9,12-13H,3-5,10-11,14-15H2,1-2H3,(H,25,29)(H,26,33). The number of aromatic amines is 1. The molecule has 8 nitrogen and oxygen atoms in total. The highest BCUT2D eigenvalue weighted by Crippen LogP contribution is 2.34. The molecular weight excluding hydrogens is 440 g/mol. The third kappa shape index (κ3) is 5.09. The van der Waals surface area contributed by atoms with Crippen LogP contribution in [0, 0.1) is 4.77 Å². The minimum absolute atomic E-state index is 0.0997. The van der Waals surface area contributed by atoms with Gasteiger partial charge in [-0.1, -0.05) is 26.0 Å². The maximum absolute atomic E-state index is 13.1. The van der Waals surface area contributed by atoms with Gasteiger partial charge in [-0.05, 0) is 62.0 Å². The molecule has 0 spiro atoms. The zero-order chi connectivity index (χ0) is 23.4. The van der Waals surface area contributed by atoms with Crippen molar-refractivity contribution in [3.8, 4) is 11.5 Å². The van der Waals surface area contributed by atoms with Gasteiger partial charge in [0.1, 0.15) is 0 Å². The molecule has 0 saturated heterocycles. The van der Waals surface area contributed by atoms with Crippen molar-refractivity contribution in [1.29, 1.82) is 0 Å². The smallest absolute Gasteiger partial charge is 0.262 e. The number of carbonyl (C=O) groups excluding carboxylic acids is 1. The van der Waals surface area contributed by atoms with E-state index in [2.05, 4.69) is 29.0 Å². The van der Waals surface area contributed by atoms with Crippen LogP contribution in [0.2, 0.25) is 0 Å². The van der Waals surface area contributed by atoms with E-state index in [-0.39, 0.29) is 18.3 Å². The molecule has 33 heavy (non-hydrogen) atoms. The third-order valence-electron chi connectivity index (χ3n) is 5.86. The molecule has 0 fully saturated rings. The largest absolute Gasteiger partial charge is 0.454 e. The highest BCUT2D eigenvalue weighted by molar-refractivity contribution is 7.71. The predicted octanol–water partition coefficient (Wildman–Crippen LogP) is 3.30. The number of ether oxygens (including phenoxy) is 2. The van der Waals surface area contributed by atoms with Gasteiger partial charge in [0.2, 0.25) is 6.79 Å². The molecule has 1 amide bonds. The van der Waals surface area contributed by atoms with Crippen molar-refractivity contribution in [3.05, 3.63) is 62.6 Å². The maximum atomic E-state index is 13.1. The Morgan fingerprint density at radius 1 is 1.15 bits per heavy atom. The van der Waals surface area contributed by atoms with Crippen LogP contribution in [0.4, 0.5) is 0 Å². The minimum Gasteiger partial charge on any atom is -0.454 e. The van der Waals surface area contributed by atoms with Crippen LogP contribution >= 0.6 is 12.2 Å². The molecule has 174 valence electrons. The van der Waals surface area contributed by atoms with Crippen LogP contribution in [0.5, 0.6) is 11.5 Å². The zero-order valence-electron chi connectivity index (χ0n) is 18.8. The van der Waals surface area contributed by atoms with Gasteiger partial charge in [-0.25, -0.2) is 0 Å². The number of aromatic nitrogens is 2. The molecule has 1 aromatic heterocycles. The molecule has 2 aromatic carbocycles. The molecule has 1 aliphatic heterocycles. The number of H-pyrrole nitrogens is 1. The second-order valence-electron chi connectivity index (χ2n) is 7.91. The Kier molecular flexibility index (Phi) is 7.10. The normalized spacial score (nSPS) is 12.5. The lowest BCUT2D eigenvalue weighted by Crippen LogP contribution is -2.29. The van der Waals surface area contributed by atoms with Crippen LogP contribution in [0.3, 0.4) is 0 Å². The molecule has 2 N–H and O–H groups in total. The number of fused-ring (bicyclic) bond motifs is 2. The van der Waals surface area contributed by atoms with E-state index in [0.717, 1.165) is 31.6 Å². The first-order chi connectivity index (χ1) is 16.0. The van der Waals surface area contributed by atoms with Crippen molar-refractivity contribution in [1.82, 2.24) is 19.8 Å². The predicted molar refractivity (Wildman–Crippen MR) is 130 cm³/mol. The quantitative estimate of drug-likeness (QED) is 0.370. The highest BCUT2D eigenvalue weighted by atomic mass is 32.1. The summed E-state index contributed by atoms with van der Waals surface area (Å²) in [5.74, 6) is 1.04. The number of nitrogens with zero attached hydrogens (tertiary/aromatic N) is 2. The van der Waals surface area contributed by atoms with Crippen molar-refractivity contribution in [2.75, 3.05) is 33.0 Å². The van der Waals surface area contributed by atoms with Gasteiger partial charge in [0, 0.05) is 18.2 Å². The molecule has 0 aliphatic carbocycles. The van der Waals surface area contributed by atoms with Gasteiger partial charge in [-0.2, -0.15) is 0 Å². The molecule has 9 heteroatoms. The van der Waals surface area contributed by atoms with E-state index >= 15 is 0 Å². The molecular formula is C24H28N4O4S. The summed E-state index contributed by atoms with van der Waals surface area (Å²) in [6.45, 7) is 8.34. The highest BCUT2D eigenvalue weighted by Gasteiger charge is 2.17. The van der Waals surface area contributed by atoms with Crippen LogP contribution in [-0.4, -0.2) is 53.3 Å². The van der Waals surface area contributed by atoms with E-state index in [1.165, 1.54) is 4.57 Å². The molecule has 0 saturated carbocycles. The van der Waals surface area contributed by atoms with E-state index in [0.29, 0.717) is 45.8 Å². The first-order valence-electron chi connectivity index (χ1n) is 11.2. The number of amides is 1. The minimum atomic E-state index is -0.206. The van der Waals surface area contributed by atoms with Gasteiger partial charge in [-0.3, -0.25) is 14.2 Å².